The number of anilines is 1. The van der Waals surface area contributed by atoms with Crippen molar-refractivity contribution in [1.29, 1.82) is 0 Å². The molecule has 0 fully saturated rings. The summed E-state index contributed by atoms with van der Waals surface area (Å²) in [4.78, 5) is 12.4. The SMILES string of the molecule is COc1cc(N)ccc1C(=O)c1ccc(Cl)c(Cl)c1. The molecule has 0 heterocycles. The van der Waals surface area contributed by atoms with E-state index in [1.807, 2.05) is 0 Å². The van der Waals surface area contributed by atoms with Gasteiger partial charge >= 0.3 is 0 Å². The van der Waals surface area contributed by atoms with Gasteiger partial charge in [0.1, 0.15) is 5.75 Å². The second-order valence-electron chi connectivity index (χ2n) is 3.92. The molecular formula is C14H11Cl2NO2. The van der Waals surface area contributed by atoms with Crippen LogP contribution in [0.4, 0.5) is 5.69 Å². The second kappa shape index (κ2) is 5.51. The Morgan fingerprint density at radius 1 is 1.11 bits per heavy atom. The monoisotopic (exact) mass is 295 g/mol. The van der Waals surface area contributed by atoms with E-state index in [-0.39, 0.29) is 5.78 Å². The quantitative estimate of drug-likeness (QED) is 0.692. The van der Waals surface area contributed by atoms with E-state index in [2.05, 4.69) is 0 Å². The fourth-order valence-corrected chi connectivity index (χ4v) is 1.99. The predicted molar refractivity (Wildman–Crippen MR) is 77.3 cm³/mol. The Morgan fingerprint density at radius 2 is 1.84 bits per heavy atom. The molecule has 2 rings (SSSR count). The highest BCUT2D eigenvalue weighted by Gasteiger charge is 2.15. The van der Waals surface area contributed by atoms with Gasteiger partial charge in [0.15, 0.2) is 5.78 Å². The molecule has 0 saturated heterocycles. The minimum Gasteiger partial charge on any atom is -0.496 e. The molecule has 0 unspecified atom stereocenters. The average molecular weight is 296 g/mol. The van der Waals surface area contributed by atoms with Crippen LogP contribution in [0.5, 0.6) is 5.75 Å². The predicted octanol–water partition coefficient (Wildman–Crippen LogP) is 3.82. The van der Waals surface area contributed by atoms with E-state index >= 15 is 0 Å². The van der Waals surface area contributed by atoms with E-state index in [4.69, 9.17) is 33.7 Å². The third-order valence-corrected chi connectivity index (χ3v) is 3.39. The fourth-order valence-electron chi connectivity index (χ4n) is 1.69. The molecule has 0 spiro atoms. The number of nitrogen functional groups attached to an aromatic ring is 1. The molecule has 0 saturated carbocycles. The Morgan fingerprint density at radius 3 is 2.47 bits per heavy atom. The molecule has 98 valence electrons. The third-order valence-electron chi connectivity index (χ3n) is 2.65. The molecule has 0 aromatic heterocycles. The summed E-state index contributed by atoms with van der Waals surface area (Å²) in [5.41, 5.74) is 7.05. The molecule has 2 aromatic rings. The summed E-state index contributed by atoms with van der Waals surface area (Å²) in [5.74, 6) is 0.228. The zero-order valence-electron chi connectivity index (χ0n) is 10.1. The number of carbonyl (C=O) groups excluding carboxylic acids is 1. The first-order valence-corrected chi connectivity index (χ1v) is 6.22. The third kappa shape index (κ3) is 2.83. The number of benzene rings is 2. The number of hydrogen-bond acceptors (Lipinski definition) is 3. The number of ether oxygens (including phenoxy) is 1. The van der Waals surface area contributed by atoms with E-state index < -0.39 is 0 Å². The number of methoxy groups -OCH3 is 1. The van der Waals surface area contributed by atoms with Crippen molar-refractivity contribution < 1.29 is 9.53 Å². The first kappa shape index (κ1) is 13.7. The second-order valence-corrected chi connectivity index (χ2v) is 4.73. The molecule has 2 N–H and O–H groups in total. The van der Waals surface area contributed by atoms with Crippen LogP contribution in [0.1, 0.15) is 15.9 Å². The maximum Gasteiger partial charge on any atom is 0.196 e. The molecule has 5 heteroatoms. The Balaban J connectivity index is 2.46. The molecule has 0 aliphatic rings. The van der Waals surface area contributed by atoms with Crippen LogP contribution in [0.3, 0.4) is 0 Å². The zero-order valence-corrected chi connectivity index (χ0v) is 11.6. The van der Waals surface area contributed by atoms with E-state index in [0.717, 1.165) is 0 Å². The summed E-state index contributed by atoms with van der Waals surface area (Å²) in [6, 6.07) is 9.60. The molecule has 0 bridgehead atoms. The maximum atomic E-state index is 12.4. The summed E-state index contributed by atoms with van der Waals surface area (Å²) >= 11 is 11.7. The highest BCUT2D eigenvalue weighted by atomic mass is 35.5. The number of nitrogens with two attached hydrogens (primary N) is 1. The summed E-state index contributed by atoms with van der Waals surface area (Å²) in [5, 5.41) is 0.740. The standard InChI is InChI=1S/C14H11Cl2NO2/c1-19-13-7-9(17)3-4-10(13)14(18)8-2-5-11(15)12(16)6-8/h2-7H,17H2,1H3. The van der Waals surface area contributed by atoms with Crippen molar-refractivity contribution >= 4 is 34.7 Å². The topological polar surface area (TPSA) is 52.3 Å². The van der Waals surface area contributed by atoms with Crippen molar-refractivity contribution in [3.05, 3.63) is 57.6 Å². The van der Waals surface area contributed by atoms with Gasteiger partial charge in [-0.3, -0.25) is 4.79 Å². The molecule has 0 aliphatic heterocycles. The highest BCUT2D eigenvalue weighted by molar-refractivity contribution is 6.42. The Kier molecular flexibility index (Phi) is 3.98. The Bertz CT molecular complexity index is 641. The molecule has 3 nitrogen and oxygen atoms in total. The minimum atomic E-state index is -0.199. The van der Waals surface area contributed by atoms with E-state index in [1.165, 1.54) is 13.2 Å². The van der Waals surface area contributed by atoms with Gasteiger partial charge < -0.3 is 10.5 Å². The molecule has 0 aliphatic carbocycles. The van der Waals surface area contributed by atoms with Crippen molar-refractivity contribution in [2.75, 3.05) is 12.8 Å². The van der Waals surface area contributed by atoms with Crippen molar-refractivity contribution in [3.8, 4) is 5.75 Å². The normalized spacial score (nSPS) is 10.3. The Hall–Kier alpha value is -1.71. The van der Waals surface area contributed by atoms with Crippen molar-refractivity contribution in [3.63, 3.8) is 0 Å². The number of halogens is 2. The number of rotatable bonds is 3. The zero-order chi connectivity index (χ0) is 14.0. The first-order chi connectivity index (χ1) is 9.02. The number of carbonyl (C=O) groups is 1. The smallest absolute Gasteiger partial charge is 0.196 e. The van der Waals surface area contributed by atoms with Crippen LogP contribution in [0, 0.1) is 0 Å². The van der Waals surface area contributed by atoms with Crippen LogP contribution < -0.4 is 10.5 Å². The first-order valence-electron chi connectivity index (χ1n) is 5.46. The lowest BCUT2D eigenvalue weighted by molar-refractivity contribution is 0.103. The van der Waals surface area contributed by atoms with Crippen LogP contribution in [0.25, 0.3) is 0 Å². The van der Waals surface area contributed by atoms with Gasteiger partial charge in [-0.25, -0.2) is 0 Å². The van der Waals surface area contributed by atoms with Crippen LogP contribution >= 0.6 is 23.2 Å². The summed E-state index contributed by atoms with van der Waals surface area (Å²) in [7, 11) is 1.49. The highest BCUT2D eigenvalue weighted by Crippen LogP contribution is 2.27. The van der Waals surface area contributed by atoms with Gasteiger partial charge in [0.2, 0.25) is 0 Å². The largest absolute Gasteiger partial charge is 0.496 e. The summed E-state index contributed by atoms with van der Waals surface area (Å²) in [6.45, 7) is 0. The Labute approximate surface area is 120 Å². The van der Waals surface area contributed by atoms with Gasteiger partial charge in [-0.2, -0.15) is 0 Å². The van der Waals surface area contributed by atoms with Crippen LogP contribution in [-0.2, 0) is 0 Å². The van der Waals surface area contributed by atoms with Crippen molar-refractivity contribution in [2.45, 2.75) is 0 Å². The molecule has 0 atom stereocenters. The van der Waals surface area contributed by atoms with Gasteiger partial charge in [0.05, 0.1) is 22.7 Å². The van der Waals surface area contributed by atoms with Crippen molar-refractivity contribution in [2.24, 2.45) is 0 Å². The van der Waals surface area contributed by atoms with E-state index in [0.29, 0.717) is 32.6 Å². The lowest BCUT2D eigenvalue weighted by Gasteiger charge is -2.09. The lowest BCUT2D eigenvalue weighted by atomic mass is 10.0. The molecule has 19 heavy (non-hydrogen) atoms. The molecule has 2 aromatic carbocycles. The lowest BCUT2D eigenvalue weighted by Crippen LogP contribution is -2.04. The fraction of sp³-hybridized carbons (Fsp3) is 0.0714. The minimum absolute atomic E-state index is 0.199. The summed E-state index contributed by atoms with van der Waals surface area (Å²) < 4.78 is 5.16. The van der Waals surface area contributed by atoms with Gasteiger partial charge in [-0.05, 0) is 30.3 Å². The molecule has 0 radical (unpaired) electrons. The average Bonchev–Trinajstić information content (AvgIpc) is 2.41. The van der Waals surface area contributed by atoms with E-state index in [1.54, 1.807) is 30.3 Å². The van der Waals surface area contributed by atoms with Gasteiger partial charge in [0, 0.05) is 17.3 Å². The number of hydrogen-bond donors (Lipinski definition) is 1. The van der Waals surface area contributed by atoms with Gasteiger partial charge in [-0.15, -0.1) is 0 Å². The molecular weight excluding hydrogens is 285 g/mol. The maximum absolute atomic E-state index is 12.4. The van der Waals surface area contributed by atoms with Crippen LogP contribution in [-0.4, -0.2) is 12.9 Å². The van der Waals surface area contributed by atoms with Gasteiger partial charge in [-0.1, -0.05) is 23.2 Å². The van der Waals surface area contributed by atoms with E-state index in [9.17, 15) is 4.79 Å². The van der Waals surface area contributed by atoms with Crippen LogP contribution in [0.15, 0.2) is 36.4 Å². The summed E-state index contributed by atoms with van der Waals surface area (Å²) in [6.07, 6.45) is 0. The van der Waals surface area contributed by atoms with Gasteiger partial charge in [0.25, 0.3) is 0 Å². The van der Waals surface area contributed by atoms with Crippen molar-refractivity contribution in [1.82, 2.24) is 0 Å². The molecule has 0 amide bonds. The number of ketones is 1. The van der Waals surface area contributed by atoms with Crippen LogP contribution in [0.2, 0.25) is 10.0 Å².